The van der Waals surface area contributed by atoms with E-state index in [4.69, 9.17) is 18.9 Å². The Bertz CT molecular complexity index is 962. The molecule has 7 nitrogen and oxygen atoms in total. The van der Waals surface area contributed by atoms with Crippen LogP contribution in [-0.2, 0) is 10.0 Å². The Morgan fingerprint density at radius 3 is 2.74 bits per heavy atom. The summed E-state index contributed by atoms with van der Waals surface area (Å²) >= 11 is 0. The lowest BCUT2D eigenvalue weighted by molar-refractivity contribution is 0.174. The van der Waals surface area contributed by atoms with Gasteiger partial charge in [-0.1, -0.05) is 24.0 Å². The first-order valence-electron chi connectivity index (χ1n) is 8.30. The fraction of sp³-hybridized carbons (Fsp3) is 0.263. The Labute approximate surface area is 158 Å². The second-order valence-corrected chi connectivity index (χ2v) is 7.10. The molecule has 0 amide bonds. The van der Waals surface area contributed by atoms with Crippen LogP contribution in [0.2, 0.25) is 0 Å². The lowest BCUT2D eigenvalue weighted by atomic mass is 10.3. The smallest absolute Gasteiger partial charge is 0.245 e. The lowest BCUT2D eigenvalue weighted by Crippen LogP contribution is -2.24. The molecule has 2 aromatic carbocycles. The van der Waals surface area contributed by atoms with Crippen LogP contribution in [-0.4, -0.2) is 35.0 Å². The quantitative estimate of drug-likeness (QED) is 0.731. The van der Waals surface area contributed by atoms with Gasteiger partial charge in [0.1, 0.15) is 23.0 Å². The second kappa shape index (κ2) is 8.66. The maximum atomic E-state index is 12.4. The van der Waals surface area contributed by atoms with Gasteiger partial charge in [0, 0.05) is 6.07 Å². The van der Waals surface area contributed by atoms with Crippen LogP contribution in [0.5, 0.6) is 23.0 Å². The predicted molar refractivity (Wildman–Crippen MR) is 98.6 cm³/mol. The monoisotopic (exact) mass is 389 g/mol. The van der Waals surface area contributed by atoms with Crippen molar-refractivity contribution in [3.63, 3.8) is 0 Å². The summed E-state index contributed by atoms with van der Waals surface area (Å²) in [6.45, 7) is 2.46. The van der Waals surface area contributed by atoms with E-state index in [1.165, 1.54) is 6.07 Å². The van der Waals surface area contributed by atoms with Crippen LogP contribution in [0.4, 0.5) is 0 Å². The molecule has 0 saturated carbocycles. The highest BCUT2D eigenvalue weighted by molar-refractivity contribution is 7.89. The summed E-state index contributed by atoms with van der Waals surface area (Å²) in [6.07, 6.45) is 0. The molecular formula is C19H19NO6S. The molecule has 0 bridgehead atoms. The van der Waals surface area contributed by atoms with Gasteiger partial charge in [0.2, 0.25) is 16.8 Å². The molecule has 0 radical (unpaired) electrons. The Hall–Kier alpha value is -2.89. The summed E-state index contributed by atoms with van der Waals surface area (Å²) in [6, 6.07) is 11.7. The molecule has 142 valence electrons. The first-order valence-corrected chi connectivity index (χ1v) is 9.78. The highest BCUT2D eigenvalue weighted by Gasteiger charge is 2.18. The van der Waals surface area contributed by atoms with Crippen LogP contribution in [0.25, 0.3) is 0 Å². The number of rotatable bonds is 7. The van der Waals surface area contributed by atoms with Crippen LogP contribution in [0, 0.1) is 11.8 Å². The van der Waals surface area contributed by atoms with Crippen LogP contribution in [0.1, 0.15) is 6.92 Å². The van der Waals surface area contributed by atoms with Crippen molar-refractivity contribution in [2.45, 2.75) is 11.8 Å². The van der Waals surface area contributed by atoms with E-state index >= 15 is 0 Å². The van der Waals surface area contributed by atoms with Gasteiger partial charge in [-0.05, 0) is 31.2 Å². The molecule has 0 aliphatic carbocycles. The zero-order chi connectivity index (χ0) is 19.1. The third-order valence-corrected chi connectivity index (χ3v) is 5.01. The minimum absolute atomic E-state index is 0.0344. The van der Waals surface area contributed by atoms with E-state index in [-0.39, 0.29) is 24.8 Å². The van der Waals surface area contributed by atoms with Gasteiger partial charge in [-0.25, -0.2) is 8.42 Å². The highest BCUT2D eigenvalue weighted by atomic mass is 32.2. The van der Waals surface area contributed by atoms with Gasteiger partial charge in [-0.3, -0.25) is 0 Å². The fourth-order valence-corrected chi connectivity index (χ4v) is 3.42. The van der Waals surface area contributed by atoms with Gasteiger partial charge in [-0.2, -0.15) is 4.72 Å². The zero-order valence-electron chi connectivity index (χ0n) is 14.7. The SMILES string of the molecule is CCOc1ccccc1S(=O)(=O)NCC#CCOc1ccc2c(c1)OCO2. The predicted octanol–water partition coefficient (Wildman–Crippen LogP) is 2.17. The number of sulfonamides is 1. The van der Waals surface area contributed by atoms with E-state index in [1.807, 2.05) is 0 Å². The summed E-state index contributed by atoms with van der Waals surface area (Å²) in [7, 11) is -3.71. The average molecular weight is 389 g/mol. The molecule has 2 aromatic rings. The molecule has 0 atom stereocenters. The first-order chi connectivity index (χ1) is 13.1. The molecule has 1 heterocycles. The number of fused-ring (bicyclic) bond motifs is 1. The summed E-state index contributed by atoms with van der Waals surface area (Å²) in [5.41, 5.74) is 0. The number of hydrogen-bond donors (Lipinski definition) is 1. The van der Waals surface area contributed by atoms with E-state index in [0.717, 1.165) is 0 Å². The van der Waals surface area contributed by atoms with Crippen molar-refractivity contribution >= 4 is 10.0 Å². The standard InChI is InChI=1S/C19H19NO6S/c1-2-23-17-7-3-4-8-19(17)27(21,22)20-11-5-6-12-24-15-9-10-16-18(13-15)26-14-25-16/h3-4,7-10,13,20H,2,11-12,14H2,1H3. The number of benzene rings is 2. The molecule has 0 unspecified atom stereocenters. The number of hydrogen-bond acceptors (Lipinski definition) is 6. The summed E-state index contributed by atoms with van der Waals surface area (Å²) < 4.78 is 48.5. The molecule has 0 spiro atoms. The third kappa shape index (κ3) is 4.84. The number of ether oxygens (including phenoxy) is 4. The summed E-state index contributed by atoms with van der Waals surface area (Å²) in [4.78, 5) is 0.0882. The maximum Gasteiger partial charge on any atom is 0.245 e. The van der Waals surface area contributed by atoms with Gasteiger partial charge in [-0.15, -0.1) is 0 Å². The molecule has 3 rings (SSSR count). The molecule has 8 heteroatoms. The summed E-state index contributed by atoms with van der Waals surface area (Å²) in [5.74, 6) is 7.70. The zero-order valence-corrected chi connectivity index (χ0v) is 15.5. The summed E-state index contributed by atoms with van der Waals surface area (Å²) in [5, 5.41) is 0. The van der Waals surface area contributed by atoms with E-state index in [2.05, 4.69) is 16.6 Å². The van der Waals surface area contributed by atoms with E-state index in [0.29, 0.717) is 29.6 Å². The lowest BCUT2D eigenvalue weighted by Gasteiger charge is -2.10. The number of nitrogens with one attached hydrogen (secondary N) is 1. The molecular weight excluding hydrogens is 370 g/mol. The van der Waals surface area contributed by atoms with Crippen molar-refractivity contribution in [2.24, 2.45) is 0 Å². The fourth-order valence-electron chi connectivity index (χ4n) is 2.36. The minimum atomic E-state index is -3.71. The average Bonchev–Trinajstić information content (AvgIpc) is 3.13. The third-order valence-electron chi connectivity index (χ3n) is 3.57. The molecule has 27 heavy (non-hydrogen) atoms. The molecule has 1 aliphatic rings. The van der Waals surface area contributed by atoms with Crippen molar-refractivity contribution in [3.05, 3.63) is 42.5 Å². The molecule has 0 fully saturated rings. The topological polar surface area (TPSA) is 83.1 Å². The largest absolute Gasteiger partial charge is 0.492 e. The van der Waals surface area contributed by atoms with Crippen molar-refractivity contribution in [2.75, 3.05) is 26.6 Å². The van der Waals surface area contributed by atoms with Crippen molar-refractivity contribution in [1.29, 1.82) is 0 Å². The van der Waals surface area contributed by atoms with Crippen molar-refractivity contribution < 1.29 is 27.4 Å². The van der Waals surface area contributed by atoms with Crippen LogP contribution in [0.3, 0.4) is 0 Å². The molecule has 0 aromatic heterocycles. The normalized spacial score (nSPS) is 12.2. The molecule has 1 N–H and O–H groups in total. The Balaban J connectivity index is 1.51. The first kappa shape index (κ1) is 18.9. The number of para-hydroxylation sites is 1. The maximum absolute atomic E-state index is 12.4. The van der Waals surface area contributed by atoms with Crippen molar-refractivity contribution in [1.82, 2.24) is 4.72 Å². The van der Waals surface area contributed by atoms with Crippen LogP contribution in [0.15, 0.2) is 47.4 Å². The molecule has 0 saturated heterocycles. The van der Waals surface area contributed by atoms with Gasteiger partial charge in [0.05, 0.1) is 13.2 Å². The second-order valence-electron chi connectivity index (χ2n) is 5.36. The minimum Gasteiger partial charge on any atom is -0.492 e. The van der Waals surface area contributed by atoms with Gasteiger partial charge in [0.15, 0.2) is 11.5 Å². The van der Waals surface area contributed by atoms with Gasteiger partial charge < -0.3 is 18.9 Å². The van der Waals surface area contributed by atoms with Crippen LogP contribution >= 0.6 is 0 Å². The Kier molecular flexibility index (Phi) is 6.06. The van der Waals surface area contributed by atoms with Crippen molar-refractivity contribution in [3.8, 4) is 34.8 Å². The Morgan fingerprint density at radius 2 is 1.89 bits per heavy atom. The van der Waals surface area contributed by atoms with Gasteiger partial charge >= 0.3 is 0 Å². The molecule has 1 aliphatic heterocycles. The van der Waals surface area contributed by atoms with Gasteiger partial charge in [0.25, 0.3) is 0 Å². The Morgan fingerprint density at radius 1 is 1.07 bits per heavy atom. The highest BCUT2D eigenvalue weighted by Crippen LogP contribution is 2.34. The van der Waals surface area contributed by atoms with E-state index in [9.17, 15) is 8.42 Å². The van der Waals surface area contributed by atoms with E-state index < -0.39 is 10.0 Å². The van der Waals surface area contributed by atoms with E-state index in [1.54, 1.807) is 43.3 Å². The van der Waals surface area contributed by atoms with Crippen LogP contribution < -0.4 is 23.7 Å².